The summed E-state index contributed by atoms with van der Waals surface area (Å²) in [6.07, 6.45) is 4.84. The van der Waals surface area contributed by atoms with Crippen molar-refractivity contribution >= 4 is 17.8 Å². The molecule has 0 aromatic carbocycles. The molecule has 3 aliphatic rings. The van der Waals surface area contributed by atoms with E-state index in [1.54, 1.807) is 0 Å². The molecule has 3 N–H and O–H groups in total. The highest BCUT2D eigenvalue weighted by Gasteiger charge is 2.59. The number of carbonyl (C=O) groups excluding carboxylic acids is 2. The zero-order valence-corrected chi connectivity index (χ0v) is 9.00. The molecule has 6 heteroatoms. The number of carboxylic acids is 1. The van der Waals surface area contributed by atoms with Crippen molar-refractivity contribution in [2.45, 2.75) is 6.42 Å². The zero-order valence-electron chi connectivity index (χ0n) is 9.00. The highest BCUT2D eigenvalue weighted by atomic mass is 16.4. The molecule has 0 aromatic rings. The average Bonchev–Trinajstić information content (AvgIpc) is 2.87. The normalized spacial score (nSPS) is 37.3. The summed E-state index contributed by atoms with van der Waals surface area (Å²) in [6, 6.07) is 0. The van der Waals surface area contributed by atoms with E-state index in [1.165, 1.54) is 0 Å². The summed E-state index contributed by atoms with van der Waals surface area (Å²) in [4.78, 5) is 35.4. The number of allylic oxidation sites excluding steroid dienone is 2. The minimum atomic E-state index is -1.14. The van der Waals surface area contributed by atoms with Gasteiger partial charge in [0.25, 0.3) is 0 Å². The first-order valence-corrected chi connectivity index (χ1v) is 5.35. The summed E-state index contributed by atoms with van der Waals surface area (Å²) in [5.74, 6) is -2.02. The molecular weight excluding hydrogens is 226 g/mol. The fourth-order valence-electron chi connectivity index (χ4n) is 3.26. The highest BCUT2D eigenvalue weighted by Crippen LogP contribution is 2.52. The van der Waals surface area contributed by atoms with Crippen LogP contribution in [-0.2, 0) is 14.4 Å². The molecule has 2 bridgehead atoms. The number of carboxylic acid groups (broad SMARTS) is 1. The molecule has 1 aliphatic heterocycles. The fraction of sp³-hybridized carbons (Fsp3) is 0.545. The van der Waals surface area contributed by atoms with E-state index in [0.717, 1.165) is 11.3 Å². The van der Waals surface area contributed by atoms with Gasteiger partial charge < -0.3 is 10.6 Å². The van der Waals surface area contributed by atoms with Gasteiger partial charge in [-0.1, -0.05) is 12.2 Å². The van der Waals surface area contributed by atoms with Gasteiger partial charge in [-0.3, -0.25) is 19.3 Å². The lowest BCUT2D eigenvalue weighted by Gasteiger charge is -2.14. The Hall–Kier alpha value is -1.69. The minimum absolute atomic E-state index is 0. The van der Waals surface area contributed by atoms with Gasteiger partial charge in [0.05, 0.1) is 11.8 Å². The first-order chi connectivity index (χ1) is 7.59. The van der Waals surface area contributed by atoms with E-state index < -0.39 is 12.5 Å². The number of rotatable bonds is 2. The number of carbonyl (C=O) groups is 3. The fourth-order valence-corrected chi connectivity index (χ4v) is 3.26. The summed E-state index contributed by atoms with van der Waals surface area (Å²) >= 11 is 0. The van der Waals surface area contributed by atoms with Gasteiger partial charge in [0.2, 0.25) is 11.8 Å². The van der Waals surface area contributed by atoms with Gasteiger partial charge in [0, 0.05) is 0 Å². The van der Waals surface area contributed by atoms with Crippen LogP contribution >= 0.6 is 0 Å². The van der Waals surface area contributed by atoms with E-state index in [1.807, 2.05) is 12.2 Å². The van der Waals surface area contributed by atoms with Crippen LogP contribution in [0.1, 0.15) is 6.42 Å². The molecule has 92 valence electrons. The molecule has 3 rings (SSSR count). The Bertz CT molecular complexity index is 400. The minimum Gasteiger partial charge on any atom is -0.480 e. The number of amides is 2. The number of hydrogen-bond acceptors (Lipinski definition) is 3. The highest BCUT2D eigenvalue weighted by molar-refractivity contribution is 6.08. The molecule has 0 spiro atoms. The second-order valence-electron chi connectivity index (χ2n) is 4.66. The molecule has 1 saturated heterocycles. The van der Waals surface area contributed by atoms with Crippen molar-refractivity contribution in [3.63, 3.8) is 0 Å². The molecule has 2 fully saturated rings. The summed E-state index contributed by atoms with van der Waals surface area (Å²) in [5, 5.41) is 8.66. The van der Waals surface area contributed by atoms with Crippen molar-refractivity contribution in [3.8, 4) is 0 Å². The summed E-state index contributed by atoms with van der Waals surface area (Å²) in [7, 11) is 0. The van der Waals surface area contributed by atoms with Crippen LogP contribution in [0.15, 0.2) is 12.2 Å². The molecule has 6 nitrogen and oxygen atoms in total. The standard InChI is InChI=1S/C11H11NO4.H2O/c13-7(14)4-12-10(15)8-5-1-2-6(3-5)9(8)11(12)16;/h1-2,5-6,8-9H,3-4H2,(H,13,14);1H2. The lowest BCUT2D eigenvalue weighted by atomic mass is 9.85. The molecule has 1 saturated carbocycles. The van der Waals surface area contributed by atoms with Gasteiger partial charge in [-0.05, 0) is 18.3 Å². The molecule has 4 unspecified atom stereocenters. The van der Waals surface area contributed by atoms with E-state index in [2.05, 4.69) is 0 Å². The predicted octanol–water partition coefficient (Wildman–Crippen LogP) is -0.947. The lowest BCUT2D eigenvalue weighted by molar-refractivity contribution is -0.149. The van der Waals surface area contributed by atoms with Crippen molar-refractivity contribution in [1.82, 2.24) is 4.90 Å². The van der Waals surface area contributed by atoms with Gasteiger partial charge >= 0.3 is 5.97 Å². The van der Waals surface area contributed by atoms with Crippen molar-refractivity contribution < 1.29 is 25.0 Å². The zero-order chi connectivity index (χ0) is 11.4. The Morgan fingerprint density at radius 3 is 2.12 bits per heavy atom. The summed E-state index contributed by atoms with van der Waals surface area (Å²) in [5.41, 5.74) is 0. The molecule has 4 atom stereocenters. The predicted molar refractivity (Wildman–Crippen MR) is 55.7 cm³/mol. The summed E-state index contributed by atoms with van der Waals surface area (Å²) in [6.45, 7) is -0.496. The number of aliphatic carboxylic acids is 1. The van der Waals surface area contributed by atoms with Crippen LogP contribution in [0, 0.1) is 23.7 Å². The molecule has 17 heavy (non-hydrogen) atoms. The van der Waals surface area contributed by atoms with Crippen molar-refractivity contribution in [2.24, 2.45) is 23.7 Å². The van der Waals surface area contributed by atoms with E-state index in [9.17, 15) is 14.4 Å². The number of fused-ring (bicyclic) bond motifs is 5. The largest absolute Gasteiger partial charge is 0.480 e. The van der Waals surface area contributed by atoms with Gasteiger partial charge in [-0.2, -0.15) is 0 Å². The number of likely N-dealkylation sites (tertiary alicyclic amines) is 1. The van der Waals surface area contributed by atoms with E-state index in [4.69, 9.17) is 5.11 Å². The van der Waals surface area contributed by atoms with Crippen LogP contribution in [0.3, 0.4) is 0 Å². The maximum Gasteiger partial charge on any atom is 0.323 e. The molecule has 2 amide bonds. The van der Waals surface area contributed by atoms with Crippen molar-refractivity contribution in [2.75, 3.05) is 6.54 Å². The Balaban J connectivity index is 0.00000108. The van der Waals surface area contributed by atoms with Crippen LogP contribution in [0.4, 0.5) is 0 Å². The molecule has 1 heterocycles. The van der Waals surface area contributed by atoms with E-state index in [0.29, 0.717) is 0 Å². The smallest absolute Gasteiger partial charge is 0.323 e. The molecular formula is C11H13NO5. The maximum absolute atomic E-state index is 11.9. The first-order valence-electron chi connectivity index (χ1n) is 5.35. The first kappa shape index (κ1) is 11.8. The third-order valence-electron chi connectivity index (χ3n) is 3.86. The second-order valence-corrected chi connectivity index (χ2v) is 4.66. The third kappa shape index (κ3) is 1.40. The number of imide groups is 1. The van der Waals surface area contributed by atoms with Gasteiger partial charge in [0.1, 0.15) is 6.54 Å². The topological polar surface area (TPSA) is 106 Å². The second kappa shape index (κ2) is 3.66. The van der Waals surface area contributed by atoms with Crippen LogP contribution in [-0.4, -0.2) is 39.8 Å². The molecule has 0 aromatic heterocycles. The van der Waals surface area contributed by atoms with Gasteiger partial charge in [-0.25, -0.2) is 0 Å². The molecule has 2 aliphatic carbocycles. The average molecular weight is 239 g/mol. The van der Waals surface area contributed by atoms with Crippen molar-refractivity contribution in [3.05, 3.63) is 12.2 Å². The quantitative estimate of drug-likeness (QED) is 0.495. The Morgan fingerprint density at radius 1 is 1.24 bits per heavy atom. The van der Waals surface area contributed by atoms with Gasteiger partial charge in [-0.15, -0.1) is 0 Å². The van der Waals surface area contributed by atoms with Crippen molar-refractivity contribution in [1.29, 1.82) is 0 Å². The van der Waals surface area contributed by atoms with E-state index >= 15 is 0 Å². The number of nitrogens with zero attached hydrogens (tertiary/aromatic N) is 1. The van der Waals surface area contributed by atoms with E-state index in [-0.39, 0.29) is 41.0 Å². The summed E-state index contributed by atoms with van der Waals surface area (Å²) < 4.78 is 0. The van der Waals surface area contributed by atoms with Crippen LogP contribution in [0.25, 0.3) is 0 Å². The van der Waals surface area contributed by atoms with Gasteiger partial charge in [0.15, 0.2) is 0 Å². The van der Waals surface area contributed by atoms with Crippen LogP contribution < -0.4 is 0 Å². The maximum atomic E-state index is 11.9. The van der Waals surface area contributed by atoms with Crippen LogP contribution in [0.5, 0.6) is 0 Å². The Morgan fingerprint density at radius 2 is 1.71 bits per heavy atom. The van der Waals surface area contributed by atoms with Crippen LogP contribution in [0.2, 0.25) is 0 Å². The third-order valence-corrected chi connectivity index (χ3v) is 3.86. The molecule has 0 radical (unpaired) electrons. The monoisotopic (exact) mass is 239 g/mol. The SMILES string of the molecule is O.O=C(O)CN1C(=O)C2C3C=CC(C3)C2C1=O. The lowest BCUT2D eigenvalue weighted by Crippen LogP contribution is -2.37. The number of hydrogen-bond donors (Lipinski definition) is 1. The Kier molecular flexibility index (Phi) is 2.54. The Labute approximate surface area is 97.2 Å².